The molecular weight excluding hydrogens is 252 g/mol. The molecule has 1 amide bonds. The van der Waals surface area contributed by atoms with Gasteiger partial charge in [0.05, 0.1) is 5.54 Å². The number of hydrogen-bond acceptors (Lipinski definition) is 4. The fourth-order valence-corrected chi connectivity index (χ4v) is 2.01. The summed E-state index contributed by atoms with van der Waals surface area (Å²) in [6.45, 7) is 2.41. The molecule has 104 valence electrons. The molecule has 0 saturated carbocycles. The van der Waals surface area contributed by atoms with E-state index in [9.17, 15) is 4.79 Å². The summed E-state index contributed by atoms with van der Waals surface area (Å²) in [5.74, 6) is -0.553. The molecule has 1 aromatic heterocycles. The van der Waals surface area contributed by atoms with Gasteiger partial charge in [0.15, 0.2) is 0 Å². The number of primary amides is 1. The van der Waals surface area contributed by atoms with E-state index < -0.39 is 11.4 Å². The number of nitrogens with one attached hydrogen (secondary N) is 1. The van der Waals surface area contributed by atoms with Crippen LogP contribution in [-0.4, -0.2) is 17.4 Å². The summed E-state index contributed by atoms with van der Waals surface area (Å²) in [6, 6.07) is 13.3. The van der Waals surface area contributed by atoms with Gasteiger partial charge >= 0.3 is 0 Å². The molecule has 0 fully saturated rings. The Hall–Kier alpha value is -2.40. The summed E-state index contributed by atoms with van der Waals surface area (Å²) in [6.07, 6.45) is 1.55. The highest BCUT2D eigenvalue weighted by Crippen LogP contribution is 2.25. The Balaban J connectivity index is 2.31. The van der Waals surface area contributed by atoms with Crippen molar-refractivity contribution in [3.8, 4) is 0 Å². The van der Waals surface area contributed by atoms with Crippen molar-refractivity contribution >= 4 is 11.6 Å². The smallest absolute Gasteiger partial charge is 0.267 e. The molecule has 2 rings (SSSR count). The van der Waals surface area contributed by atoms with E-state index in [0.29, 0.717) is 6.54 Å². The van der Waals surface area contributed by atoms with Crippen LogP contribution in [0.25, 0.3) is 0 Å². The molecule has 0 aliphatic rings. The van der Waals surface area contributed by atoms with Gasteiger partial charge < -0.3 is 16.8 Å². The van der Waals surface area contributed by atoms with Gasteiger partial charge in [-0.05, 0) is 24.6 Å². The van der Waals surface area contributed by atoms with Crippen molar-refractivity contribution in [1.29, 1.82) is 0 Å². The first-order chi connectivity index (χ1) is 9.55. The van der Waals surface area contributed by atoms with Crippen LogP contribution in [-0.2, 0) is 5.54 Å². The molecule has 5 heteroatoms. The first-order valence-electron chi connectivity index (χ1n) is 6.35. The fourth-order valence-electron chi connectivity index (χ4n) is 2.01. The normalized spacial score (nSPS) is 13.5. The molecule has 1 heterocycles. The molecule has 5 nitrogen and oxygen atoms in total. The van der Waals surface area contributed by atoms with Crippen molar-refractivity contribution in [1.82, 2.24) is 4.98 Å². The molecule has 2 aromatic rings. The Morgan fingerprint density at radius 1 is 1.30 bits per heavy atom. The largest absolute Gasteiger partial charge is 0.374 e. The van der Waals surface area contributed by atoms with E-state index in [4.69, 9.17) is 11.5 Å². The summed E-state index contributed by atoms with van der Waals surface area (Å²) in [7, 11) is 0. The molecule has 0 saturated heterocycles. The Kier molecular flexibility index (Phi) is 4.00. The summed E-state index contributed by atoms with van der Waals surface area (Å²) < 4.78 is 0. The molecule has 20 heavy (non-hydrogen) atoms. The maximum absolute atomic E-state index is 11.2. The molecule has 0 aliphatic heterocycles. The monoisotopic (exact) mass is 270 g/mol. The molecule has 0 radical (unpaired) electrons. The van der Waals surface area contributed by atoms with Crippen LogP contribution in [0.3, 0.4) is 0 Å². The molecule has 5 N–H and O–H groups in total. The number of amides is 1. The standard InChI is InChI=1S/C15H18N4O/c1-15(10-16,11-5-3-2-4-6-11)19-12-7-8-18-13(9-12)14(17)20/h2-9H,10,16H2,1H3,(H2,17,20)(H,18,19). The lowest BCUT2D eigenvalue weighted by atomic mass is 9.92. The predicted molar refractivity (Wildman–Crippen MR) is 79.2 cm³/mol. The minimum Gasteiger partial charge on any atom is -0.374 e. The van der Waals surface area contributed by atoms with Crippen LogP contribution in [0.5, 0.6) is 0 Å². The van der Waals surface area contributed by atoms with Crippen molar-refractivity contribution < 1.29 is 4.79 Å². The lowest BCUT2D eigenvalue weighted by Gasteiger charge is -2.31. The number of pyridine rings is 1. The molecule has 1 atom stereocenters. The molecule has 0 bridgehead atoms. The lowest BCUT2D eigenvalue weighted by molar-refractivity contribution is 0.0995. The number of anilines is 1. The molecule has 1 unspecified atom stereocenters. The summed E-state index contributed by atoms with van der Waals surface area (Å²) in [5, 5.41) is 3.34. The number of carbonyl (C=O) groups excluding carboxylic acids is 1. The van der Waals surface area contributed by atoms with E-state index in [-0.39, 0.29) is 5.69 Å². The highest BCUT2D eigenvalue weighted by molar-refractivity contribution is 5.91. The van der Waals surface area contributed by atoms with Crippen LogP contribution in [0, 0.1) is 0 Å². The van der Waals surface area contributed by atoms with E-state index in [1.165, 1.54) is 0 Å². The third-order valence-electron chi connectivity index (χ3n) is 3.25. The number of carbonyl (C=O) groups is 1. The topological polar surface area (TPSA) is 94.0 Å². The van der Waals surface area contributed by atoms with Crippen LogP contribution >= 0.6 is 0 Å². The zero-order valence-electron chi connectivity index (χ0n) is 11.3. The van der Waals surface area contributed by atoms with Gasteiger partial charge in [-0.25, -0.2) is 0 Å². The zero-order valence-corrected chi connectivity index (χ0v) is 11.3. The van der Waals surface area contributed by atoms with Crippen LogP contribution in [0.15, 0.2) is 48.7 Å². The molecule has 0 aliphatic carbocycles. The second-order valence-electron chi connectivity index (χ2n) is 4.82. The first-order valence-corrected chi connectivity index (χ1v) is 6.35. The van der Waals surface area contributed by atoms with Crippen molar-refractivity contribution in [2.24, 2.45) is 11.5 Å². The predicted octanol–water partition coefficient (Wildman–Crippen LogP) is 1.47. The number of nitrogens with two attached hydrogens (primary N) is 2. The van der Waals surface area contributed by atoms with Crippen LogP contribution < -0.4 is 16.8 Å². The van der Waals surface area contributed by atoms with Gasteiger partial charge in [0.2, 0.25) is 0 Å². The Labute approximate surface area is 118 Å². The Morgan fingerprint density at radius 3 is 2.60 bits per heavy atom. The van der Waals surface area contributed by atoms with Crippen molar-refractivity contribution in [2.45, 2.75) is 12.5 Å². The van der Waals surface area contributed by atoms with Crippen LogP contribution in [0.1, 0.15) is 23.0 Å². The first kappa shape index (κ1) is 14.0. The molecule has 0 spiro atoms. The second kappa shape index (κ2) is 5.71. The van der Waals surface area contributed by atoms with Gasteiger partial charge in [-0.15, -0.1) is 0 Å². The highest BCUT2D eigenvalue weighted by Gasteiger charge is 2.24. The fraction of sp³-hybridized carbons (Fsp3) is 0.200. The maximum Gasteiger partial charge on any atom is 0.267 e. The molecular formula is C15H18N4O. The van der Waals surface area contributed by atoms with Gasteiger partial charge in [-0.2, -0.15) is 0 Å². The van der Waals surface area contributed by atoms with Gasteiger partial charge in [-0.3, -0.25) is 9.78 Å². The number of aromatic nitrogens is 1. The van der Waals surface area contributed by atoms with Crippen molar-refractivity contribution in [3.05, 3.63) is 59.9 Å². The summed E-state index contributed by atoms with van der Waals surface area (Å²) in [4.78, 5) is 15.1. The average Bonchev–Trinajstić information content (AvgIpc) is 2.48. The van der Waals surface area contributed by atoms with Crippen molar-refractivity contribution in [3.63, 3.8) is 0 Å². The summed E-state index contributed by atoms with van der Waals surface area (Å²) in [5.41, 5.74) is 12.8. The Bertz CT molecular complexity index is 600. The maximum atomic E-state index is 11.2. The van der Waals surface area contributed by atoms with Crippen LogP contribution in [0.4, 0.5) is 5.69 Å². The van der Waals surface area contributed by atoms with E-state index in [1.54, 1.807) is 18.3 Å². The minimum atomic E-state index is -0.553. The van der Waals surface area contributed by atoms with Gasteiger partial charge in [0, 0.05) is 18.4 Å². The highest BCUT2D eigenvalue weighted by atomic mass is 16.1. The number of nitrogens with zero attached hydrogens (tertiary/aromatic N) is 1. The van der Waals surface area contributed by atoms with E-state index >= 15 is 0 Å². The average molecular weight is 270 g/mol. The van der Waals surface area contributed by atoms with Gasteiger partial charge in [0.1, 0.15) is 5.69 Å². The molecule has 1 aromatic carbocycles. The van der Waals surface area contributed by atoms with Crippen molar-refractivity contribution in [2.75, 3.05) is 11.9 Å². The van der Waals surface area contributed by atoms with E-state index in [0.717, 1.165) is 11.3 Å². The minimum absolute atomic E-state index is 0.224. The van der Waals surface area contributed by atoms with Gasteiger partial charge in [0.25, 0.3) is 5.91 Å². The SMILES string of the molecule is CC(CN)(Nc1ccnc(C(N)=O)c1)c1ccccc1. The van der Waals surface area contributed by atoms with E-state index in [2.05, 4.69) is 10.3 Å². The Morgan fingerprint density at radius 2 is 2.00 bits per heavy atom. The number of benzene rings is 1. The third kappa shape index (κ3) is 2.95. The quantitative estimate of drug-likeness (QED) is 0.766. The third-order valence-corrected chi connectivity index (χ3v) is 3.25. The summed E-state index contributed by atoms with van der Waals surface area (Å²) >= 11 is 0. The second-order valence-corrected chi connectivity index (χ2v) is 4.82. The number of hydrogen-bond donors (Lipinski definition) is 3. The number of rotatable bonds is 5. The van der Waals surface area contributed by atoms with Crippen LogP contribution in [0.2, 0.25) is 0 Å². The van der Waals surface area contributed by atoms with Gasteiger partial charge in [-0.1, -0.05) is 30.3 Å². The zero-order chi connectivity index (χ0) is 14.6. The lowest BCUT2D eigenvalue weighted by Crippen LogP contribution is -2.39. The van der Waals surface area contributed by atoms with E-state index in [1.807, 2.05) is 37.3 Å².